The normalized spacial score (nSPS) is 24.9. The Morgan fingerprint density at radius 3 is 1.25 bits per heavy atom. The summed E-state index contributed by atoms with van der Waals surface area (Å²) >= 11 is 0. The summed E-state index contributed by atoms with van der Waals surface area (Å²) in [7, 11) is 0. The van der Waals surface area contributed by atoms with Crippen molar-refractivity contribution in [1.82, 2.24) is 0 Å². The number of esters is 2. The van der Waals surface area contributed by atoms with E-state index in [0.29, 0.717) is 12.8 Å². The molecule has 2 fully saturated rings. The Hall–Kier alpha value is -2.02. The van der Waals surface area contributed by atoms with Crippen LogP contribution in [0.3, 0.4) is 0 Å². The number of unbranched alkanes of at least 4 members (excludes halogenated alkanes) is 29. The lowest BCUT2D eigenvalue weighted by molar-refractivity contribution is -0.332. The van der Waals surface area contributed by atoms with Gasteiger partial charge in [-0.05, 0) is 57.8 Å². The minimum absolute atomic E-state index is 0.152. The highest BCUT2D eigenvalue weighted by Crippen LogP contribution is 2.27. The van der Waals surface area contributed by atoms with Crippen LogP contribution in [0.25, 0.3) is 0 Å². The summed E-state index contributed by atoms with van der Waals surface area (Å²) in [5, 5.41) is 72.2. The van der Waals surface area contributed by atoms with Gasteiger partial charge in [0.05, 0.1) is 19.8 Å². The molecule has 0 aliphatic carbocycles. The molecule has 2 aliphatic rings. The quantitative estimate of drug-likeness (QED) is 0.0171. The average Bonchev–Trinajstić information content (AvgIpc) is 3.38. The Balaban J connectivity index is 1.73. The van der Waals surface area contributed by atoms with Crippen molar-refractivity contribution in [3.05, 3.63) is 24.3 Å². The van der Waals surface area contributed by atoms with E-state index < -0.39 is 99.3 Å². The molecule has 0 spiro atoms. The Labute approximate surface area is 441 Å². The summed E-state index contributed by atoms with van der Waals surface area (Å²) in [5.74, 6) is -0.962. The predicted molar refractivity (Wildman–Crippen MR) is 284 cm³/mol. The van der Waals surface area contributed by atoms with Gasteiger partial charge in [-0.3, -0.25) is 9.59 Å². The first-order valence-electron chi connectivity index (χ1n) is 29.4. The molecule has 0 amide bonds. The maximum atomic E-state index is 13.0. The summed E-state index contributed by atoms with van der Waals surface area (Å²) in [6.07, 6.45) is 32.2. The van der Waals surface area contributed by atoms with E-state index in [2.05, 4.69) is 38.2 Å². The molecule has 0 saturated carbocycles. The predicted octanol–water partition coefficient (Wildman–Crippen LogP) is 9.89. The van der Waals surface area contributed by atoms with Crippen LogP contribution in [0, 0.1) is 0 Å². The van der Waals surface area contributed by atoms with Crippen LogP contribution in [0.4, 0.5) is 0 Å². The first-order valence-corrected chi connectivity index (χ1v) is 29.4. The highest BCUT2D eigenvalue weighted by Gasteiger charge is 2.47. The molecule has 2 aliphatic heterocycles. The minimum Gasteiger partial charge on any atom is -0.462 e. The van der Waals surface area contributed by atoms with Crippen LogP contribution >= 0.6 is 0 Å². The van der Waals surface area contributed by atoms with E-state index in [1.807, 2.05) is 0 Å². The fourth-order valence-electron chi connectivity index (χ4n) is 9.34. The SMILES string of the molecule is CCCCCCC/C=C/CCCCCCCC(=O)O[C@@H](COC(=O)CCC/C=C/CCCCCCCCCCCCCCCCCCCC)CO[C@@H]1O[C@H](CO[C@@H]2O[C@H](CO)[C@H](O)C(O)C2O)[C@H](O)C(O)C1O. The molecular weight excluding hydrogens is 937 g/mol. The van der Waals surface area contributed by atoms with Crippen LogP contribution in [0.5, 0.6) is 0 Å². The van der Waals surface area contributed by atoms with E-state index in [0.717, 1.165) is 57.8 Å². The van der Waals surface area contributed by atoms with E-state index >= 15 is 0 Å². The summed E-state index contributed by atoms with van der Waals surface area (Å²) in [6.45, 7) is 2.58. The largest absolute Gasteiger partial charge is 0.462 e. The molecule has 2 saturated heterocycles. The number of carbonyl (C=O) groups is 2. The summed E-state index contributed by atoms with van der Waals surface area (Å²) in [5.41, 5.74) is 0. The Morgan fingerprint density at radius 1 is 0.425 bits per heavy atom. The smallest absolute Gasteiger partial charge is 0.306 e. The molecule has 428 valence electrons. The van der Waals surface area contributed by atoms with Gasteiger partial charge in [0.25, 0.3) is 0 Å². The highest BCUT2D eigenvalue weighted by atomic mass is 16.7. The van der Waals surface area contributed by atoms with Gasteiger partial charge >= 0.3 is 11.9 Å². The standard InChI is InChI=1S/C58H106O15/c1-3-5-7-9-11-13-15-17-19-20-21-22-23-24-25-26-27-29-30-32-34-36-38-40-49(60)68-43-46(71-50(61)41-39-37-35-33-31-28-18-16-14-12-10-8-6-4-2)44-69-57-56(67)54(65)52(63)48(73-57)45-70-58-55(66)53(64)51(62)47(42-59)72-58/h16,18,32,34,46-48,51-59,62-67H,3-15,17,19-31,33,35-45H2,1-2H3/b18-16+,34-32+/t46-,47+,48+,51-,52-,53?,54?,55?,56?,57+,58+/m0/s1. The van der Waals surface area contributed by atoms with E-state index in [9.17, 15) is 45.3 Å². The third kappa shape index (κ3) is 32.4. The van der Waals surface area contributed by atoms with Gasteiger partial charge in [-0.15, -0.1) is 0 Å². The molecule has 0 aromatic rings. The highest BCUT2D eigenvalue weighted by molar-refractivity contribution is 5.70. The second-order valence-electron chi connectivity index (χ2n) is 20.8. The third-order valence-corrected chi connectivity index (χ3v) is 14.2. The number of hydrogen-bond acceptors (Lipinski definition) is 15. The number of carbonyl (C=O) groups excluding carboxylic acids is 2. The van der Waals surface area contributed by atoms with Gasteiger partial charge in [-0.2, -0.15) is 0 Å². The van der Waals surface area contributed by atoms with Crippen molar-refractivity contribution < 1.29 is 73.8 Å². The van der Waals surface area contributed by atoms with Crippen LogP contribution < -0.4 is 0 Å². The van der Waals surface area contributed by atoms with Gasteiger partial charge in [0, 0.05) is 12.8 Å². The zero-order valence-corrected chi connectivity index (χ0v) is 45.6. The van der Waals surface area contributed by atoms with Crippen LogP contribution in [-0.2, 0) is 38.0 Å². The van der Waals surface area contributed by atoms with E-state index in [1.54, 1.807) is 0 Å². The van der Waals surface area contributed by atoms with Crippen molar-refractivity contribution in [2.75, 3.05) is 26.4 Å². The number of hydrogen-bond donors (Lipinski definition) is 7. The minimum atomic E-state index is -1.77. The Kier molecular flexibility index (Phi) is 41.4. The monoisotopic (exact) mass is 1040 g/mol. The van der Waals surface area contributed by atoms with Crippen molar-refractivity contribution in [3.8, 4) is 0 Å². The summed E-state index contributed by atoms with van der Waals surface area (Å²) < 4.78 is 33.6. The van der Waals surface area contributed by atoms with Gasteiger partial charge in [0.15, 0.2) is 18.7 Å². The van der Waals surface area contributed by atoms with Gasteiger partial charge in [-0.25, -0.2) is 0 Å². The molecule has 7 N–H and O–H groups in total. The van der Waals surface area contributed by atoms with E-state index in [4.69, 9.17) is 28.4 Å². The molecule has 2 rings (SSSR count). The molecule has 0 aromatic carbocycles. The fourth-order valence-corrected chi connectivity index (χ4v) is 9.34. The summed E-state index contributed by atoms with van der Waals surface area (Å²) in [6, 6.07) is 0. The zero-order chi connectivity index (χ0) is 53.2. The topological polar surface area (TPSA) is 231 Å². The van der Waals surface area contributed by atoms with E-state index in [1.165, 1.54) is 141 Å². The van der Waals surface area contributed by atoms with Crippen molar-refractivity contribution in [2.45, 2.75) is 306 Å². The number of aliphatic hydroxyl groups excluding tert-OH is 7. The maximum Gasteiger partial charge on any atom is 0.306 e. The third-order valence-electron chi connectivity index (χ3n) is 14.2. The molecule has 73 heavy (non-hydrogen) atoms. The Morgan fingerprint density at radius 2 is 0.795 bits per heavy atom. The van der Waals surface area contributed by atoms with E-state index in [-0.39, 0.29) is 19.4 Å². The molecule has 11 atom stereocenters. The second kappa shape index (κ2) is 45.0. The molecular formula is C58H106O15. The van der Waals surface area contributed by atoms with Gasteiger partial charge in [-0.1, -0.05) is 192 Å². The van der Waals surface area contributed by atoms with Gasteiger partial charge < -0.3 is 64.2 Å². The summed E-state index contributed by atoms with van der Waals surface area (Å²) in [4.78, 5) is 25.8. The van der Waals surface area contributed by atoms with Crippen molar-refractivity contribution >= 4 is 11.9 Å². The Bertz CT molecular complexity index is 1360. The second-order valence-corrected chi connectivity index (χ2v) is 20.8. The molecule has 2 heterocycles. The lowest BCUT2D eigenvalue weighted by Crippen LogP contribution is -2.61. The maximum absolute atomic E-state index is 13.0. The molecule has 0 bridgehead atoms. The fraction of sp³-hybridized carbons (Fsp3) is 0.897. The van der Waals surface area contributed by atoms with Crippen LogP contribution in [-0.4, -0.2) is 142 Å². The van der Waals surface area contributed by atoms with Crippen LogP contribution in [0.1, 0.15) is 239 Å². The molecule has 4 unspecified atom stereocenters. The lowest BCUT2D eigenvalue weighted by atomic mass is 9.98. The van der Waals surface area contributed by atoms with Crippen molar-refractivity contribution in [1.29, 1.82) is 0 Å². The molecule has 15 heteroatoms. The molecule has 15 nitrogen and oxygen atoms in total. The first kappa shape index (κ1) is 67.1. The van der Waals surface area contributed by atoms with Crippen LogP contribution in [0.15, 0.2) is 24.3 Å². The van der Waals surface area contributed by atoms with Gasteiger partial charge in [0.2, 0.25) is 0 Å². The van der Waals surface area contributed by atoms with Crippen molar-refractivity contribution in [2.24, 2.45) is 0 Å². The molecule has 0 radical (unpaired) electrons. The lowest BCUT2D eigenvalue weighted by Gasteiger charge is -2.42. The first-order chi connectivity index (χ1) is 35.5. The number of aliphatic hydroxyl groups is 7. The number of allylic oxidation sites excluding steroid dienone is 4. The van der Waals surface area contributed by atoms with Crippen molar-refractivity contribution in [3.63, 3.8) is 0 Å². The van der Waals surface area contributed by atoms with Gasteiger partial charge in [0.1, 0.15) is 55.4 Å². The van der Waals surface area contributed by atoms with Crippen LogP contribution in [0.2, 0.25) is 0 Å². The average molecular weight is 1040 g/mol. The number of rotatable bonds is 47. The zero-order valence-electron chi connectivity index (χ0n) is 45.6. The molecule has 0 aromatic heterocycles. The number of ether oxygens (including phenoxy) is 6.